The van der Waals surface area contributed by atoms with E-state index in [1.54, 1.807) is 13.8 Å². The van der Waals surface area contributed by atoms with Crippen LogP contribution < -0.4 is 0 Å². The SMILES string of the molecule is CCCCCCCCCCCCCCCCCC(=O)CC(C)(C)C(O)(O)C(=O)CCCCCCCCCCCCCCCCC. The van der Waals surface area contributed by atoms with Crippen molar-refractivity contribution in [2.75, 3.05) is 0 Å². The maximum absolute atomic E-state index is 12.7. The highest BCUT2D eigenvalue weighted by Crippen LogP contribution is 2.35. The van der Waals surface area contributed by atoms with Crippen molar-refractivity contribution >= 4 is 11.6 Å². The standard InChI is InChI=1S/C41H80O4/c1-5-7-9-11-13-15-17-19-21-23-25-27-29-31-33-35-38(42)37-40(3,4)41(44,45)39(43)36-34-32-30-28-26-24-22-20-18-16-14-12-10-8-6-2/h44-45H,5-37H2,1-4H3. The largest absolute Gasteiger partial charge is 0.359 e. The van der Waals surface area contributed by atoms with Crippen LogP contribution in [0, 0.1) is 5.41 Å². The number of hydrogen-bond acceptors (Lipinski definition) is 4. The van der Waals surface area contributed by atoms with Crippen LogP contribution in [0.15, 0.2) is 0 Å². The van der Waals surface area contributed by atoms with Gasteiger partial charge in [-0.3, -0.25) is 9.59 Å². The molecule has 4 nitrogen and oxygen atoms in total. The van der Waals surface area contributed by atoms with E-state index in [0.717, 1.165) is 32.1 Å². The predicted molar refractivity (Wildman–Crippen MR) is 195 cm³/mol. The minimum Gasteiger partial charge on any atom is -0.359 e. The van der Waals surface area contributed by atoms with Crippen LogP contribution in [-0.2, 0) is 9.59 Å². The first kappa shape index (κ1) is 44.3. The normalized spacial score (nSPS) is 12.2. The summed E-state index contributed by atoms with van der Waals surface area (Å²) in [6.07, 6.45) is 38.8. The highest BCUT2D eigenvalue weighted by Gasteiger charge is 2.48. The molecule has 0 amide bonds. The van der Waals surface area contributed by atoms with Crippen molar-refractivity contribution in [1.29, 1.82) is 0 Å². The fraction of sp³-hybridized carbons (Fsp3) is 0.951. The molecule has 0 radical (unpaired) electrons. The van der Waals surface area contributed by atoms with Crippen LogP contribution in [0.2, 0.25) is 0 Å². The molecule has 268 valence electrons. The van der Waals surface area contributed by atoms with E-state index < -0.39 is 17.0 Å². The van der Waals surface area contributed by atoms with Gasteiger partial charge >= 0.3 is 0 Å². The third-order valence-corrected chi connectivity index (χ3v) is 10.0. The van der Waals surface area contributed by atoms with Gasteiger partial charge < -0.3 is 10.2 Å². The summed E-state index contributed by atoms with van der Waals surface area (Å²) in [5.74, 6) is -2.96. The lowest BCUT2D eigenvalue weighted by atomic mass is 9.75. The summed E-state index contributed by atoms with van der Waals surface area (Å²) in [7, 11) is 0. The van der Waals surface area contributed by atoms with Gasteiger partial charge in [-0.05, 0) is 12.8 Å². The van der Waals surface area contributed by atoms with Gasteiger partial charge in [-0.2, -0.15) is 0 Å². The van der Waals surface area contributed by atoms with Gasteiger partial charge in [0.2, 0.25) is 5.79 Å². The quantitative estimate of drug-likeness (QED) is 0.0530. The molecule has 2 N–H and O–H groups in total. The van der Waals surface area contributed by atoms with Gasteiger partial charge in [0, 0.05) is 24.7 Å². The van der Waals surface area contributed by atoms with E-state index in [2.05, 4.69) is 13.8 Å². The van der Waals surface area contributed by atoms with E-state index in [9.17, 15) is 19.8 Å². The smallest absolute Gasteiger partial charge is 0.229 e. The third-order valence-electron chi connectivity index (χ3n) is 10.0. The summed E-state index contributed by atoms with van der Waals surface area (Å²) < 4.78 is 0. The summed E-state index contributed by atoms with van der Waals surface area (Å²) in [5.41, 5.74) is -1.17. The predicted octanol–water partition coefficient (Wildman–Crippen LogP) is 12.7. The molecule has 45 heavy (non-hydrogen) atoms. The van der Waals surface area contributed by atoms with Gasteiger partial charge in [0.1, 0.15) is 5.78 Å². The van der Waals surface area contributed by atoms with Crippen LogP contribution in [-0.4, -0.2) is 27.6 Å². The summed E-state index contributed by atoms with van der Waals surface area (Å²) in [4.78, 5) is 25.4. The zero-order valence-electron chi connectivity index (χ0n) is 31.0. The van der Waals surface area contributed by atoms with E-state index in [0.29, 0.717) is 12.8 Å². The maximum Gasteiger partial charge on any atom is 0.229 e. The number of aliphatic hydroxyl groups is 2. The second-order valence-electron chi connectivity index (χ2n) is 15.1. The molecule has 0 aromatic carbocycles. The third kappa shape index (κ3) is 26.0. The molecule has 0 heterocycles. The Morgan fingerprint density at radius 1 is 0.400 bits per heavy atom. The summed E-state index contributed by atoms with van der Waals surface area (Å²) in [5, 5.41) is 21.5. The highest BCUT2D eigenvalue weighted by atomic mass is 16.5. The first-order valence-electron chi connectivity index (χ1n) is 20.2. The van der Waals surface area contributed by atoms with Crippen LogP contribution in [0.3, 0.4) is 0 Å². The molecule has 0 unspecified atom stereocenters. The average Bonchev–Trinajstić information content (AvgIpc) is 3.00. The first-order valence-corrected chi connectivity index (χ1v) is 20.2. The maximum atomic E-state index is 12.7. The number of ketones is 2. The number of carbonyl (C=O) groups excluding carboxylic acids is 2. The van der Waals surface area contributed by atoms with Crippen molar-refractivity contribution in [3.8, 4) is 0 Å². The number of rotatable bonds is 36. The molecule has 0 saturated heterocycles. The molecule has 0 fully saturated rings. The first-order chi connectivity index (χ1) is 21.7. The van der Waals surface area contributed by atoms with E-state index >= 15 is 0 Å². The van der Waals surface area contributed by atoms with Crippen LogP contribution in [0.5, 0.6) is 0 Å². The summed E-state index contributed by atoms with van der Waals surface area (Å²) >= 11 is 0. The highest BCUT2D eigenvalue weighted by molar-refractivity contribution is 5.87. The van der Waals surface area contributed by atoms with Gasteiger partial charge in [0.25, 0.3) is 0 Å². The Hall–Kier alpha value is -0.740. The van der Waals surface area contributed by atoms with Crippen LogP contribution in [0.25, 0.3) is 0 Å². The zero-order valence-corrected chi connectivity index (χ0v) is 31.0. The molecule has 0 aliphatic rings. The lowest BCUT2D eigenvalue weighted by Crippen LogP contribution is -2.52. The molecule has 0 aliphatic carbocycles. The number of unbranched alkanes of at least 4 members (excludes halogenated alkanes) is 28. The van der Waals surface area contributed by atoms with Crippen LogP contribution in [0.4, 0.5) is 0 Å². The summed E-state index contributed by atoms with van der Waals surface area (Å²) in [6, 6.07) is 0. The minimum atomic E-state index is -2.45. The zero-order chi connectivity index (χ0) is 33.5. The van der Waals surface area contributed by atoms with Crippen molar-refractivity contribution in [3.63, 3.8) is 0 Å². The van der Waals surface area contributed by atoms with Gasteiger partial charge in [0.05, 0.1) is 0 Å². The lowest BCUT2D eigenvalue weighted by Gasteiger charge is -2.36. The second kappa shape index (κ2) is 30.6. The van der Waals surface area contributed by atoms with Gasteiger partial charge in [-0.1, -0.05) is 207 Å². The van der Waals surface area contributed by atoms with Gasteiger partial charge in [-0.15, -0.1) is 0 Å². The Labute approximate surface area is 281 Å². The Morgan fingerprint density at radius 2 is 0.644 bits per heavy atom. The summed E-state index contributed by atoms with van der Waals surface area (Å²) in [6.45, 7) is 7.82. The molecule has 0 spiro atoms. The fourth-order valence-electron chi connectivity index (χ4n) is 6.61. The van der Waals surface area contributed by atoms with Crippen molar-refractivity contribution in [1.82, 2.24) is 0 Å². The van der Waals surface area contributed by atoms with E-state index in [4.69, 9.17) is 0 Å². The molecule has 0 aromatic rings. The van der Waals surface area contributed by atoms with Crippen molar-refractivity contribution in [2.45, 2.75) is 245 Å². The molecule has 0 saturated carbocycles. The van der Waals surface area contributed by atoms with E-state index in [-0.39, 0.29) is 18.6 Å². The van der Waals surface area contributed by atoms with Crippen LogP contribution in [0.1, 0.15) is 240 Å². The Kier molecular flexibility index (Phi) is 30.1. The molecule has 0 atom stereocenters. The topological polar surface area (TPSA) is 74.6 Å². The number of Topliss-reactive ketones (excluding diaryl/α,β-unsaturated/α-hetero) is 2. The van der Waals surface area contributed by atoms with Gasteiger partial charge in [-0.25, -0.2) is 0 Å². The van der Waals surface area contributed by atoms with E-state index in [1.807, 2.05) is 0 Å². The monoisotopic (exact) mass is 637 g/mol. The second-order valence-corrected chi connectivity index (χ2v) is 15.1. The lowest BCUT2D eigenvalue weighted by molar-refractivity contribution is -0.226. The van der Waals surface area contributed by atoms with Crippen molar-refractivity contribution in [2.24, 2.45) is 5.41 Å². The minimum absolute atomic E-state index is 0.0296. The molecule has 0 rings (SSSR count). The Bertz CT molecular complexity index is 668. The Balaban J connectivity index is 3.79. The Morgan fingerprint density at radius 3 is 0.933 bits per heavy atom. The molecular formula is C41H80O4. The number of carbonyl (C=O) groups is 2. The van der Waals surface area contributed by atoms with Crippen molar-refractivity contribution in [3.05, 3.63) is 0 Å². The van der Waals surface area contributed by atoms with Crippen LogP contribution >= 0.6 is 0 Å². The molecule has 0 aromatic heterocycles. The van der Waals surface area contributed by atoms with Gasteiger partial charge in [0.15, 0.2) is 5.78 Å². The number of hydrogen-bond donors (Lipinski definition) is 2. The average molecular weight is 637 g/mol. The molecular weight excluding hydrogens is 556 g/mol. The molecule has 0 bridgehead atoms. The van der Waals surface area contributed by atoms with E-state index in [1.165, 1.54) is 154 Å². The molecule has 4 heteroatoms. The van der Waals surface area contributed by atoms with Crippen molar-refractivity contribution < 1.29 is 19.8 Å². The molecule has 0 aliphatic heterocycles. The fourth-order valence-corrected chi connectivity index (χ4v) is 6.61.